The molecule has 2 bridgehead atoms. The van der Waals surface area contributed by atoms with Gasteiger partial charge in [0.05, 0.1) is 33.5 Å². The maximum absolute atomic E-state index is 17.4. The van der Waals surface area contributed by atoms with Crippen molar-refractivity contribution in [1.29, 1.82) is 5.26 Å². The van der Waals surface area contributed by atoms with Gasteiger partial charge in [0, 0.05) is 97.7 Å². The smallest absolute Gasteiger partial charge is 0.417 e. The summed E-state index contributed by atoms with van der Waals surface area (Å²) >= 11 is 0.691. The van der Waals surface area contributed by atoms with Crippen molar-refractivity contribution < 1.29 is 59.1 Å². The number of aliphatic hydroxyl groups excluding tert-OH is 1. The lowest BCUT2D eigenvalue weighted by atomic mass is 9.72. The minimum atomic E-state index is -5.10. The number of benzene rings is 4. The maximum atomic E-state index is 17.4. The second-order valence-corrected chi connectivity index (χ2v) is 24.5. The van der Waals surface area contributed by atoms with Crippen LogP contribution in [-0.4, -0.2) is 125 Å². The SMILES string of the molecule is CC(C)[C@@H](C(=O)N1C[C@H](O)C[C@H]1C(=O)N[C@@H](C)c1ccc(-c2c(F)cc(F)cc2F)cc1)c1cc(N2CC3(CCN(CCOc4nc(N5CC6CCC(C5)N6)c5cc(C(F)(F)F)c(-c6ccc(F)c7sc(N)c(C#N)c67)c(F)c5n4)CC3)C2)no1. The Kier molecular flexibility index (Phi) is 15.2. The van der Waals surface area contributed by atoms with E-state index >= 15 is 22.0 Å². The number of hydrogen-bond donors (Lipinski definition) is 4. The lowest BCUT2D eigenvalue weighted by Gasteiger charge is -2.54. The van der Waals surface area contributed by atoms with Crippen molar-refractivity contribution in [2.24, 2.45) is 11.3 Å². The third-order valence-corrected chi connectivity index (χ3v) is 18.6. The molecule has 12 rings (SSSR count). The monoisotopic (exact) mass is 1200 g/mol. The Balaban J connectivity index is 0.691. The molecule has 16 nitrogen and oxygen atoms in total. The third kappa shape index (κ3) is 10.8. The van der Waals surface area contributed by atoms with Crippen LogP contribution in [0.3, 0.4) is 0 Å². The summed E-state index contributed by atoms with van der Waals surface area (Å²) in [6.07, 6.45) is -2.69. The molecule has 2 unspecified atom stereocenters. The number of nitrogens with one attached hydrogen (secondary N) is 2. The number of anilines is 3. The van der Waals surface area contributed by atoms with E-state index in [9.17, 15) is 33.1 Å². The number of β-amino-alcohol motifs (C(OH)–C–C–N with tert-alkyl or cyclic N) is 1. The quantitative estimate of drug-likeness (QED) is 0.0750. The highest BCUT2D eigenvalue weighted by Gasteiger charge is 2.48. The van der Waals surface area contributed by atoms with Crippen LogP contribution in [0.25, 0.3) is 43.2 Å². The van der Waals surface area contributed by atoms with E-state index < -0.39 is 87.8 Å². The molecule has 7 aromatic rings. The summed E-state index contributed by atoms with van der Waals surface area (Å²) in [7, 11) is 0. The molecule has 5 aliphatic rings. The lowest BCUT2D eigenvalue weighted by Crippen LogP contribution is -2.60. The number of nitrogen functional groups attached to an aromatic ring is 1. The fraction of sp³-hybridized carbons (Fsp3) is 0.433. The Morgan fingerprint density at radius 2 is 1.62 bits per heavy atom. The Bertz CT molecular complexity index is 3770. The molecule has 0 saturated carbocycles. The standard InChI is InChI=1S/C60H59F8N11O5S/c1-29(2)47(57(82)79-26-36(80)20-44(79)56(81)71-30(3)31-4-6-32(7-5-31)48-42(63)18-33(61)19-43(48)64)45-22-46(75-84-45)78-27-59(28-78)12-14-76(15-13-59)16-17-83-58-73-52-38(55(74-58)77-24-34-8-9-35(25-77)72-34)21-40(60(66,67)68)50(51(52)65)37-10-11-41(62)53-49(37)39(23-69)54(70)85-53/h4-7,10-11,18-19,21-22,29-30,34-36,44,47,72,80H,8-9,12-17,20,24-28,70H2,1-3H3,(H,71,81)/t30-,34?,35?,36+,44-,47+/m0/s1. The normalized spacial score (nSPS) is 21.2. The molecule has 2 amide bonds. The number of nitrogens with zero attached hydrogens (tertiary/aromatic N) is 8. The Morgan fingerprint density at radius 1 is 0.929 bits per heavy atom. The predicted molar refractivity (Wildman–Crippen MR) is 301 cm³/mol. The van der Waals surface area contributed by atoms with Gasteiger partial charge in [-0.15, -0.1) is 11.3 Å². The number of aliphatic hydroxyl groups is 1. The van der Waals surface area contributed by atoms with Crippen LogP contribution < -0.4 is 30.9 Å². The van der Waals surface area contributed by atoms with E-state index in [1.807, 2.05) is 24.8 Å². The zero-order chi connectivity index (χ0) is 60.0. The van der Waals surface area contributed by atoms with Crippen molar-refractivity contribution in [3.63, 3.8) is 0 Å². The Labute approximate surface area is 486 Å². The number of piperazine rings is 1. The zero-order valence-corrected chi connectivity index (χ0v) is 47.2. The molecule has 4 aromatic carbocycles. The number of rotatable bonds is 14. The highest BCUT2D eigenvalue weighted by molar-refractivity contribution is 7.23. The first-order valence-electron chi connectivity index (χ1n) is 28.2. The van der Waals surface area contributed by atoms with E-state index in [4.69, 9.17) is 15.0 Å². The summed E-state index contributed by atoms with van der Waals surface area (Å²) < 4.78 is 132. The van der Waals surface area contributed by atoms with Crippen molar-refractivity contribution in [3.8, 4) is 34.3 Å². The van der Waals surface area contributed by atoms with Crippen LogP contribution in [0, 0.1) is 51.8 Å². The molecule has 0 aliphatic carbocycles. The van der Waals surface area contributed by atoms with Gasteiger partial charge in [-0.05, 0) is 80.4 Å². The van der Waals surface area contributed by atoms with Gasteiger partial charge in [0.25, 0.3) is 0 Å². The van der Waals surface area contributed by atoms with Crippen molar-refractivity contribution in [3.05, 3.63) is 112 Å². The number of ether oxygens (including phenoxy) is 1. The Morgan fingerprint density at radius 3 is 2.28 bits per heavy atom. The van der Waals surface area contributed by atoms with Gasteiger partial charge in [-0.3, -0.25) is 14.5 Å². The summed E-state index contributed by atoms with van der Waals surface area (Å²) in [6, 6.07) is 11.9. The van der Waals surface area contributed by atoms with Gasteiger partial charge in [-0.2, -0.15) is 28.4 Å². The van der Waals surface area contributed by atoms with Crippen LogP contribution in [0.5, 0.6) is 6.01 Å². The summed E-state index contributed by atoms with van der Waals surface area (Å²) in [5.74, 6) is -6.35. The largest absolute Gasteiger partial charge is 0.462 e. The van der Waals surface area contributed by atoms with E-state index in [-0.39, 0.29) is 97.5 Å². The van der Waals surface area contributed by atoms with E-state index in [1.165, 1.54) is 17.0 Å². The second kappa shape index (κ2) is 22.3. The summed E-state index contributed by atoms with van der Waals surface area (Å²) in [5.41, 5.74) is 3.12. The molecular weight excluding hydrogens is 1140 g/mol. The number of thiophene rings is 1. The average molecular weight is 1200 g/mol. The van der Waals surface area contributed by atoms with Gasteiger partial charge in [-0.1, -0.05) is 49.3 Å². The van der Waals surface area contributed by atoms with Gasteiger partial charge in [0.15, 0.2) is 17.4 Å². The first kappa shape index (κ1) is 57.8. The topological polar surface area (TPSA) is 202 Å². The van der Waals surface area contributed by atoms with E-state index in [0.29, 0.717) is 86.4 Å². The number of nitriles is 1. The molecule has 5 fully saturated rings. The number of nitrogens with two attached hydrogens (primary N) is 1. The number of likely N-dealkylation sites (tertiary alicyclic amines) is 2. The van der Waals surface area contributed by atoms with Crippen LogP contribution in [0.15, 0.2) is 65.2 Å². The molecule has 5 aliphatic heterocycles. The van der Waals surface area contributed by atoms with Crippen LogP contribution in [0.2, 0.25) is 0 Å². The first-order valence-corrected chi connectivity index (χ1v) is 29.0. The van der Waals surface area contributed by atoms with Gasteiger partial charge < -0.3 is 45.4 Å². The minimum Gasteiger partial charge on any atom is -0.462 e. The van der Waals surface area contributed by atoms with Crippen molar-refractivity contribution in [2.75, 3.05) is 74.5 Å². The highest BCUT2D eigenvalue weighted by atomic mass is 32.1. The van der Waals surface area contributed by atoms with Crippen LogP contribution in [0.4, 0.5) is 51.8 Å². The number of amides is 2. The number of piperidine rings is 1. The van der Waals surface area contributed by atoms with Crippen molar-refractivity contribution in [2.45, 2.75) is 95.2 Å². The minimum absolute atomic E-state index is 0.000143. The molecule has 3 aromatic heterocycles. The van der Waals surface area contributed by atoms with E-state index in [0.717, 1.165) is 43.9 Å². The number of hydrogen-bond acceptors (Lipinski definition) is 15. The highest BCUT2D eigenvalue weighted by Crippen LogP contribution is 2.49. The second-order valence-electron chi connectivity index (χ2n) is 23.5. The fourth-order valence-electron chi connectivity index (χ4n) is 13.2. The Hall–Kier alpha value is -7.66. The van der Waals surface area contributed by atoms with Gasteiger partial charge in [0.1, 0.15) is 64.2 Å². The number of carbonyl (C=O) groups is 2. The molecule has 5 N–H and O–H groups in total. The van der Waals surface area contributed by atoms with Gasteiger partial charge in [0.2, 0.25) is 11.8 Å². The fourth-order valence-corrected chi connectivity index (χ4v) is 14.1. The molecule has 446 valence electrons. The van der Waals surface area contributed by atoms with Crippen molar-refractivity contribution >= 4 is 60.8 Å². The van der Waals surface area contributed by atoms with Gasteiger partial charge in [-0.25, -0.2) is 22.0 Å². The van der Waals surface area contributed by atoms with E-state index in [2.05, 4.69) is 35.6 Å². The van der Waals surface area contributed by atoms with Crippen LogP contribution in [0.1, 0.15) is 87.3 Å². The molecule has 5 saturated heterocycles. The molecule has 8 heterocycles. The number of aromatic nitrogens is 3. The molecule has 0 radical (unpaired) electrons. The van der Waals surface area contributed by atoms with Crippen molar-refractivity contribution in [1.82, 2.24) is 35.6 Å². The molecule has 1 spiro atoms. The zero-order valence-electron chi connectivity index (χ0n) is 46.4. The first-order chi connectivity index (χ1) is 40.6. The lowest BCUT2D eigenvalue weighted by molar-refractivity contribution is -0.141. The molecule has 25 heteroatoms. The number of alkyl halides is 3. The van der Waals surface area contributed by atoms with Crippen LogP contribution in [-0.2, 0) is 15.8 Å². The number of halogens is 8. The van der Waals surface area contributed by atoms with E-state index in [1.54, 1.807) is 25.1 Å². The number of fused-ring (bicyclic) bond motifs is 4. The maximum Gasteiger partial charge on any atom is 0.417 e. The summed E-state index contributed by atoms with van der Waals surface area (Å²) in [4.78, 5) is 44.9. The molecular formula is C60H59F8N11O5S. The molecule has 6 atom stereocenters. The third-order valence-electron chi connectivity index (χ3n) is 17.5. The molecule has 85 heavy (non-hydrogen) atoms. The van der Waals surface area contributed by atoms with Gasteiger partial charge >= 0.3 is 12.2 Å². The predicted octanol–water partition coefficient (Wildman–Crippen LogP) is 9.84. The number of carbonyl (C=O) groups excluding carboxylic acids is 2. The average Bonchev–Trinajstić information content (AvgIpc) is 2.10. The van der Waals surface area contributed by atoms with Crippen LogP contribution >= 0.6 is 11.3 Å². The summed E-state index contributed by atoms with van der Waals surface area (Å²) in [5, 5.41) is 31.0. The summed E-state index contributed by atoms with van der Waals surface area (Å²) in [6.45, 7) is 9.45.